The molecule has 206 valence electrons. The van der Waals surface area contributed by atoms with Crippen LogP contribution in [0.1, 0.15) is 0 Å². The second kappa shape index (κ2) is 10.1. The van der Waals surface area contributed by atoms with Gasteiger partial charge < -0.3 is 4.90 Å². The molecule has 1 nitrogen and oxygen atoms in total. The van der Waals surface area contributed by atoms with Crippen LogP contribution in [0.2, 0.25) is 0 Å². The van der Waals surface area contributed by atoms with Gasteiger partial charge in [-0.3, -0.25) is 0 Å². The van der Waals surface area contributed by atoms with Crippen LogP contribution in [0.4, 0.5) is 17.1 Å². The molecule has 0 N–H and O–H groups in total. The van der Waals surface area contributed by atoms with Gasteiger partial charge in [0.15, 0.2) is 0 Å². The lowest BCUT2D eigenvalue weighted by atomic mass is 9.99. The number of hydrogen-bond donors (Lipinski definition) is 0. The number of anilines is 3. The van der Waals surface area contributed by atoms with Crippen LogP contribution in [0.25, 0.3) is 63.6 Å². The van der Waals surface area contributed by atoms with E-state index in [1.165, 1.54) is 69.3 Å². The van der Waals surface area contributed by atoms with E-state index >= 15 is 0 Å². The van der Waals surface area contributed by atoms with Crippen LogP contribution in [-0.2, 0) is 0 Å². The van der Waals surface area contributed by atoms with Gasteiger partial charge in [0.1, 0.15) is 0 Å². The first kappa shape index (κ1) is 25.1. The highest BCUT2D eigenvalue weighted by Crippen LogP contribution is 2.48. The molecule has 0 bridgehead atoms. The summed E-state index contributed by atoms with van der Waals surface area (Å²) < 4.78 is 2.67. The monoisotopic (exact) mass is 577 g/mol. The first-order valence-electron chi connectivity index (χ1n) is 15.0. The van der Waals surface area contributed by atoms with E-state index < -0.39 is 0 Å². The van der Waals surface area contributed by atoms with Gasteiger partial charge in [0.2, 0.25) is 0 Å². The van der Waals surface area contributed by atoms with Crippen molar-refractivity contribution in [3.63, 3.8) is 0 Å². The van der Waals surface area contributed by atoms with Crippen molar-refractivity contribution in [2.24, 2.45) is 0 Å². The molecule has 0 saturated carbocycles. The van der Waals surface area contributed by atoms with Gasteiger partial charge in [0.05, 0.1) is 5.69 Å². The Morgan fingerprint density at radius 1 is 0.364 bits per heavy atom. The second-order valence-corrected chi connectivity index (χ2v) is 12.4. The molecule has 2 heteroatoms. The highest BCUT2D eigenvalue weighted by molar-refractivity contribution is 7.27. The highest BCUT2D eigenvalue weighted by atomic mass is 32.1. The molecular weight excluding hydrogens is 551 g/mol. The van der Waals surface area contributed by atoms with E-state index in [0.29, 0.717) is 0 Å². The van der Waals surface area contributed by atoms with Crippen molar-refractivity contribution in [1.82, 2.24) is 0 Å². The SMILES string of the molecule is c1ccc(-c2cccc3c2sc2c4ccccc4c(N(c4ccc5ccccc5c4)c4ccc5ccccc5c4)cc32)cc1. The Bertz CT molecular complexity index is 2430. The predicted octanol–water partition coefficient (Wildman–Crippen LogP) is 12.7. The number of fused-ring (bicyclic) bond motifs is 7. The van der Waals surface area contributed by atoms with Crippen molar-refractivity contribution in [3.8, 4) is 11.1 Å². The molecule has 0 amide bonds. The van der Waals surface area contributed by atoms with Crippen molar-refractivity contribution in [2.45, 2.75) is 0 Å². The fraction of sp³-hybridized carbons (Fsp3) is 0. The molecule has 0 aliphatic rings. The van der Waals surface area contributed by atoms with Gasteiger partial charge in [-0.1, -0.05) is 133 Å². The van der Waals surface area contributed by atoms with Crippen LogP contribution in [-0.4, -0.2) is 0 Å². The van der Waals surface area contributed by atoms with Gasteiger partial charge in [-0.2, -0.15) is 0 Å². The minimum absolute atomic E-state index is 1.15. The molecule has 0 spiro atoms. The molecule has 0 aliphatic heterocycles. The third-order valence-electron chi connectivity index (χ3n) is 8.79. The zero-order valence-corrected chi connectivity index (χ0v) is 24.8. The molecule has 0 aliphatic carbocycles. The van der Waals surface area contributed by atoms with Gasteiger partial charge in [0, 0.05) is 42.3 Å². The van der Waals surface area contributed by atoms with Gasteiger partial charge in [-0.25, -0.2) is 0 Å². The van der Waals surface area contributed by atoms with Crippen LogP contribution in [0.15, 0.2) is 164 Å². The molecule has 0 atom stereocenters. The minimum atomic E-state index is 1.15. The van der Waals surface area contributed by atoms with Gasteiger partial charge in [-0.05, 0) is 63.0 Å². The van der Waals surface area contributed by atoms with E-state index in [2.05, 4.69) is 169 Å². The quantitative estimate of drug-likeness (QED) is 0.201. The summed E-state index contributed by atoms with van der Waals surface area (Å²) in [5.41, 5.74) is 6.02. The minimum Gasteiger partial charge on any atom is -0.310 e. The number of hydrogen-bond acceptors (Lipinski definition) is 2. The summed E-state index contributed by atoms with van der Waals surface area (Å²) in [4.78, 5) is 2.45. The Morgan fingerprint density at radius 3 is 1.59 bits per heavy atom. The summed E-state index contributed by atoms with van der Waals surface area (Å²) in [5.74, 6) is 0. The molecule has 9 aromatic rings. The van der Waals surface area contributed by atoms with E-state index in [4.69, 9.17) is 0 Å². The lowest BCUT2D eigenvalue weighted by Gasteiger charge is -2.28. The molecule has 0 fully saturated rings. The fourth-order valence-electron chi connectivity index (χ4n) is 6.69. The maximum absolute atomic E-state index is 2.45. The molecule has 8 aromatic carbocycles. The van der Waals surface area contributed by atoms with E-state index in [1.807, 2.05) is 11.3 Å². The number of rotatable bonds is 4. The van der Waals surface area contributed by atoms with Crippen molar-refractivity contribution in [3.05, 3.63) is 164 Å². The lowest BCUT2D eigenvalue weighted by Crippen LogP contribution is -2.10. The summed E-state index contributed by atoms with van der Waals surface area (Å²) in [6.07, 6.45) is 0. The summed E-state index contributed by atoms with van der Waals surface area (Å²) in [7, 11) is 0. The van der Waals surface area contributed by atoms with Crippen LogP contribution < -0.4 is 4.90 Å². The third-order valence-corrected chi connectivity index (χ3v) is 10.1. The van der Waals surface area contributed by atoms with E-state index in [1.54, 1.807) is 0 Å². The van der Waals surface area contributed by atoms with Crippen LogP contribution in [0.5, 0.6) is 0 Å². The van der Waals surface area contributed by atoms with E-state index in [0.717, 1.165) is 11.4 Å². The second-order valence-electron chi connectivity index (χ2n) is 11.4. The highest BCUT2D eigenvalue weighted by Gasteiger charge is 2.21. The Morgan fingerprint density at radius 2 is 0.909 bits per heavy atom. The average Bonchev–Trinajstić information content (AvgIpc) is 3.48. The fourth-order valence-corrected chi connectivity index (χ4v) is 8.04. The maximum Gasteiger partial charge on any atom is 0.0547 e. The summed E-state index contributed by atoms with van der Waals surface area (Å²) in [5, 5.41) is 10.1. The topological polar surface area (TPSA) is 3.24 Å². The molecular formula is C42H27NS. The molecule has 0 saturated heterocycles. The summed E-state index contributed by atoms with van der Waals surface area (Å²) in [6.45, 7) is 0. The molecule has 1 aromatic heterocycles. The number of benzene rings is 8. The van der Waals surface area contributed by atoms with Crippen molar-refractivity contribution < 1.29 is 0 Å². The van der Waals surface area contributed by atoms with Gasteiger partial charge >= 0.3 is 0 Å². The largest absolute Gasteiger partial charge is 0.310 e. The molecule has 44 heavy (non-hydrogen) atoms. The zero-order chi connectivity index (χ0) is 29.0. The smallest absolute Gasteiger partial charge is 0.0547 e. The van der Waals surface area contributed by atoms with Crippen LogP contribution in [0.3, 0.4) is 0 Å². The van der Waals surface area contributed by atoms with Crippen molar-refractivity contribution in [2.75, 3.05) is 4.90 Å². The lowest BCUT2D eigenvalue weighted by molar-refractivity contribution is 1.31. The normalized spacial score (nSPS) is 11.6. The Hall–Kier alpha value is -5.44. The van der Waals surface area contributed by atoms with Crippen molar-refractivity contribution >= 4 is 80.9 Å². The van der Waals surface area contributed by atoms with E-state index in [9.17, 15) is 0 Å². The standard InChI is InChI=1S/C42H27NS/c1-2-13-30(14-3-1)35-19-10-20-38-39-27-40(36-17-8-9-18-37(36)42(39)44-41(35)38)43(33-23-21-28-11-4-6-15-31(28)25-33)34-24-22-29-12-5-7-16-32(29)26-34/h1-27H. The average molecular weight is 578 g/mol. The summed E-state index contributed by atoms with van der Waals surface area (Å²) >= 11 is 1.91. The van der Waals surface area contributed by atoms with Crippen LogP contribution >= 0.6 is 11.3 Å². The van der Waals surface area contributed by atoms with Crippen LogP contribution in [0, 0.1) is 0 Å². The molecule has 0 radical (unpaired) electrons. The third kappa shape index (κ3) is 4.00. The predicted molar refractivity (Wildman–Crippen MR) is 192 cm³/mol. The Balaban J connectivity index is 1.37. The maximum atomic E-state index is 2.45. The molecule has 9 rings (SSSR count). The number of nitrogens with zero attached hydrogens (tertiary/aromatic N) is 1. The molecule has 1 heterocycles. The Kier molecular flexibility index (Phi) is 5.75. The number of thiophene rings is 1. The summed E-state index contributed by atoms with van der Waals surface area (Å²) in [6, 6.07) is 59.7. The first-order valence-corrected chi connectivity index (χ1v) is 15.8. The zero-order valence-electron chi connectivity index (χ0n) is 23.9. The van der Waals surface area contributed by atoms with Gasteiger partial charge in [-0.15, -0.1) is 11.3 Å². The van der Waals surface area contributed by atoms with Gasteiger partial charge in [0.25, 0.3) is 0 Å². The van der Waals surface area contributed by atoms with Crippen molar-refractivity contribution in [1.29, 1.82) is 0 Å². The Labute approximate surface area is 259 Å². The first-order chi connectivity index (χ1) is 21.8. The van der Waals surface area contributed by atoms with E-state index in [-0.39, 0.29) is 0 Å². The molecule has 0 unspecified atom stereocenters.